The Kier molecular flexibility index (Phi) is 5.32. The van der Waals surface area contributed by atoms with Gasteiger partial charge in [0.05, 0.1) is 22.5 Å². The maximum Gasteiger partial charge on any atom is 0.340 e. The van der Waals surface area contributed by atoms with Crippen LogP contribution in [0.15, 0.2) is 42.5 Å². The van der Waals surface area contributed by atoms with Gasteiger partial charge in [-0.2, -0.15) is 0 Å². The fourth-order valence-electron chi connectivity index (χ4n) is 2.43. The number of fused-ring (bicyclic) bond motifs is 1. The molecule has 0 spiro atoms. The summed E-state index contributed by atoms with van der Waals surface area (Å²) in [6.45, 7) is 0.952. The van der Waals surface area contributed by atoms with Gasteiger partial charge in [-0.3, -0.25) is 9.78 Å². The average Bonchev–Trinajstić information content (AvgIpc) is 2.62. The van der Waals surface area contributed by atoms with Crippen LogP contribution in [0.25, 0.3) is 10.9 Å². The number of halogens is 3. The number of hydrogen-bond acceptors (Lipinski definition) is 4. The molecule has 0 atom stereocenters. The van der Waals surface area contributed by atoms with Gasteiger partial charge in [0.1, 0.15) is 11.6 Å². The topological polar surface area (TPSA) is 68.3 Å². The summed E-state index contributed by atoms with van der Waals surface area (Å²) in [6.07, 6.45) is 0. The van der Waals surface area contributed by atoms with E-state index in [1.807, 2.05) is 0 Å². The summed E-state index contributed by atoms with van der Waals surface area (Å²) in [5, 5.41) is 3.08. The molecule has 0 aliphatic carbocycles. The number of hydrogen-bond donors (Lipinski definition) is 1. The molecule has 8 heteroatoms. The molecule has 1 aromatic heterocycles. The summed E-state index contributed by atoms with van der Waals surface area (Å²) in [5.74, 6) is -2.60. The van der Waals surface area contributed by atoms with Crippen LogP contribution in [0.5, 0.6) is 0 Å². The molecule has 3 aromatic rings. The number of aryl methyl sites for hydroxylation is 1. The minimum absolute atomic E-state index is 0.117. The first-order valence-corrected chi connectivity index (χ1v) is 8.20. The molecule has 5 nitrogen and oxygen atoms in total. The molecule has 0 unspecified atom stereocenters. The van der Waals surface area contributed by atoms with E-state index < -0.39 is 30.1 Å². The number of ether oxygens (including phenoxy) is 1. The highest BCUT2D eigenvalue weighted by Crippen LogP contribution is 2.20. The van der Waals surface area contributed by atoms with Crippen molar-refractivity contribution in [3.63, 3.8) is 0 Å². The van der Waals surface area contributed by atoms with Crippen LogP contribution in [0.3, 0.4) is 0 Å². The van der Waals surface area contributed by atoms with Crippen molar-refractivity contribution in [2.24, 2.45) is 0 Å². The van der Waals surface area contributed by atoms with Crippen LogP contribution < -0.4 is 5.32 Å². The zero-order valence-corrected chi connectivity index (χ0v) is 14.8. The largest absolute Gasteiger partial charge is 0.452 e. The van der Waals surface area contributed by atoms with Gasteiger partial charge in [0.2, 0.25) is 0 Å². The van der Waals surface area contributed by atoms with E-state index in [1.54, 1.807) is 6.92 Å². The molecule has 138 valence electrons. The Balaban J connectivity index is 1.69. The second-order valence-electron chi connectivity index (χ2n) is 5.71. The molecule has 0 bridgehead atoms. The maximum absolute atomic E-state index is 13.6. The fraction of sp³-hybridized carbons (Fsp3) is 0.105. The molecule has 0 saturated heterocycles. The van der Waals surface area contributed by atoms with Gasteiger partial charge in [-0.25, -0.2) is 13.6 Å². The average molecular weight is 391 g/mol. The van der Waals surface area contributed by atoms with E-state index in [1.165, 1.54) is 36.4 Å². The van der Waals surface area contributed by atoms with Crippen molar-refractivity contribution < 1.29 is 23.1 Å². The molecule has 0 fully saturated rings. The molecule has 3 rings (SSSR count). The van der Waals surface area contributed by atoms with E-state index in [0.717, 1.165) is 6.07 Å². The fourth-order valence-corrected chi connectivity index (χ4v) is 2.60. The van der Waals surface area contributed by atoms with Gasteiger partial charge in [-0.1, -0.05) is 11.6 Å². The van der Waals surface area contributed by atoms with Crippen LogP contribution in [-0.2, 0) is 9.53 Å². The Morgan fingerprint density at radius 3 is 2.70 bits per heavy atom. The summed E-state index contributed by atoms with van der Waals surface area (Å²) >= 11 is 5.75. The molecule has 1 N–H and O–H groups in total. The lowest BCUT2D eigenvalue weighted by Crippen LogP contribution is -2.22. The number of nitrogens with one attached hydrogen (secondary N) is 1. The number of aromatic nitrogens is 1. The number of rotatable bonds is 4. The highest BCUT2D eigenvalue weighted by atomic mass is 35.5. The van der Waals surface area contributed by atoms with Gasteiger partial charge in [0, 0.05) is 16.5 Å². The van der Waals surface area contributed by atoms with Crippen molar-refractivity contribution in [2.75, 3.05) is 11.9 Å². The summed E-state index contributed by atoms with van der Waals surface area (Å²) in [4.78, 5) is 28.3. The van der Waals surface area contributed by atoms with Crippen molar-refractivity contribution in [3.8, 4) is 0 Å². The van der Waals surface area contributed by atoms with Crippen molar-refractivity contribution in [1.82, 2.24) is 4.98 Å². The van der Waals surface area contributed by atoms with Crippen LogP contribution in [0, 0.1) is 18.6 Å². The highest BCUT2D eigenvalue weighted by molar-refractivity contribution is 6.30. The van der Waals surface area contributed by atoms with E-state index in [9.17, 15) is 18.4 Å². The molecule has 1 amide bonds. The van der Waals surface area contributed by atoms with Crippen LogP contribution in [0.2, 0.25) is 5.02 Å². The van der Waals surface area contributed by atoms with Crippen LogP contribution in [0.4, 0.5) is 14.5 Å². The number of anilines is 1. The molecule has 27 heavy (non-hydrogen) atoms. The van der Waals surface area contributed by atoms with E-state index in [4.69, 9.17) is 16.3 Å². The van der Waals surface area contributed by atoms with Crippen molar-refractivity contribution in [1.29, 1.82) is 0 Å². The Morgan fingerprint density at radius 2 is 1.93 bits per heavy atom. The molecule has 2 aromatic carbocycles. The predicted octanol–water partition coefficient (Wildman–Crippen LogP) is 4.27. The van der Waals surface area contributed by atoms with Crippen molar-refractivity contribution in [3.05, 3.63) is 70.4 Å². The Hall–Kier alpha value is -3.06. The smallest absolute Gasteiger partial charge is 0.340 e. The Bertz CT molecular complexity index is 1060. The molecule has 1 heterocycles. The molecule has 0 aliphatic rings. The Labute approximate surface area is 157 Å². The van der Waals surface area contributed by atoms with Crippen LogP contribution in [-0.4, -0.2) is 23.5 Å². The van der Waals surface area contributed by atoms with Gasteiger partial charge in [0.15, 0.2) is 6.61 Å². The SMILES string of the molecule is Cc1nc2cc(F)ccc2cc1C(=O)OCC(=O)Nc1cc(Cl)ccc1F. The predicted molar refractivity (Wildman–Crippen MR) is 96.8 cm³/mol. The summed E-state index contributed by atoms with van der Waals surface area (Å²) in [6, 6.07) is 9.19. The zero-order chi connectivity index (χ0) is 19.6. The molecule has 0 radical (unpaired) electrons. The van der Waals surface area contributed by atoms with E-state index in [-0.39, 0.29) is 16.3 Å². The summed E-state index contributed by atoms with van der Waals surface area (Å²) < 4.78 is 31.8. The lowest BCUT2D eigenvalue weighted by molar-refractivity contribution is -0.119. The van der Waals surface area contributed by atoms with Gasteiger partial charge < -0.3 is 10.1 Å². The molecular formula is C19H13ClF2N2O3. The number of amides is 1. The standard InChI is InChI=1S/C19H13ClF2N2O3/c1-10-14(6-11-2-4-13(21)8-16(11)23-10)19(26)27-9-18(25)24-17-7-12(20)3-5-15(17)22/h2-8H,9H2,1H3,(H,24,25). The summed E-state index contributed by atoms with van der Waals surface area (Å²) in [7, 11) is 0. The monoisotopic (exact) mass is 390 g/mol. The zero-order valence-electron chi connectivity index (χ0n) is 14.1. The maximum atomic E-state index is 13.6. The summed E-state index contributed by atoms with van der Waals surface area (Å²) in [5.41, 5.74) is 0.766. The van der Waals surface area contributed by atoms with Gasteiger partial charge in [0.25, 0.3) is 5.91 Å². The first-order chi connectivity index (χ1) is 12.8. The number of benzene rings is 2. The minimum Gasteiger partial charge on any atom is -0.452 e. The number of esters is 1. The molecule has 0 saturated carbocycles. The quantitative estimate of drug-likeness (QED) is 0.675. The lowest BCUT2D eigenvalue weighted by Gasteiger charge is -2.09. The first-order valence-electron chi connectivity index (χ1n) is 7.82. The van der Waals surface area contributed by atoms with Gasteiger partial charge in [-0.15, -0.1) is 0 Å². The van der Waals surface area contributed by atoms with E-state index in [2.05, 4.69) is 10.3 Å². The number of nitrogens with zero attached hydrogens (tertiary/aromatic N) is 1. The van der Waals surface area contributed by atoms with Crippen molar-refractivity contribution in [2.45, 2.75) is 6.92 Å². The van der Waals surface area contributed by atoms with E-state index in [0.29, 0.717) is 16.6 Å². The number of carbonyl (C=O) groups excluding carboxylic acids is 2. The van der Waals surface area contributed by atoms with Crippen LogP contribution in [0.1, 0.15) is 16.1 Å². The normalized spacial score (nSPS) is 10.7. The number of pyridine rings is 1. The third-order valence-corrected chi connectivity index (χ3v) is 3.96. The van der Waals surface area contributed by atoms with Crippen LogP contribution >= 0.6 is 11.6 Å². The minimum atomic E-state index is -0.770. The van der Waals surface area contributed by atoms with E-state index >= 15 is 0 Å². The second-order valence-corrected chi connectivity index (χ2v) is 6.14. The second kappa shape index (κ2) is 7.67. The number of carbonyl (C=O) groups is 2. The Morgan fingerprint density at radius 1 is 1.15 bits per heavy atom. The van der Waals surface area contributed by atoms with Gasteiger partial charge >= 0.3 is 5.97 Å². The highest BCUT2D eigenvalue weighted by Gasteiger charge is 2.16. The molecular weight excluding hydrogens is 378 g/mol. The van der Waals surface area contributed by atoms with Crippen molar-refractivity contribution >= 4 is 40.1 Å². The first kappa shape index (κ1) is 18.7. The third kappa shape index (κ3) is 4.38. The lowest BCUT2D eigenvalue weighted by atomic mass is 10.1. The third-order valence-electron chi connectivity index (χ3n) is 3.73. The van der Waals surface area contributed by atoms with Gasteiger partial charge in [-0.05, 0) is 43.3 Å². The molecule has 0 aliphatic heterocycles.